The number of aryl methyl sites for hydroxylation is 1. The summed E-state index contributed by atoms with van der Waals surface area (Å²) in [5.41, 5.74) is 1.65. The van der Waals surface area contributed by atoms with E-state index in [2.05, 4.69) is 24.1 Å². The van der Waals surface area contributed by atoms with Crippen LogP contribution in [0.5, 0.6) is 0 Å². The molecule has 0 bridgehead atoms. The fraction of sp³-hybridized carbons (Fsp3) is 0.600. The zero-order valence-corrected chi connectivity index (χ0v) is 12.7. The molecule has 19 heavy (non-hydrogen) atoms. The van der Waals surface area contributed by atoms with Gasteiger partial charge in [-0.1, -0.05) is 20.8 Å². The van der Waals surface area contributed by atoms with Crippen LogP contribution in [-0.4, -0.2) is 36.4 Å². The van der Waals surface area contributed by atoms with Crippen molar-refractivity contribution in [3.63, 3.8) is 0 Å². The lowest BCUT2D eigenvalue weighted by atomic mass is 10.1. The molecule has 0 saturated heterocycles. The molecule has 0 radical (unpaired) electrons. The van der Waals surface area contributed by atoms with Crippen molar-refractivity contribution in [1.82, 2.24) is 9.88 Å². The van der Waals surface area contributed by atoms with Gasteiger partial charge in [-0.25, -0.2) is 4.98 Å². The highest BCUT2D eigenvalue weighted by Crippen LogP contribution is 2.13. The van der Waals surface area contributed by atoms with Gasteiger partial charge in [0.15, 0.2) is 0 Å². The number of pyridine rings is 1. The summed E-state index contributed by atoms with van der Waals surface area (Å²) in [6, 6.07) is 3.70. The predicted molar refractivity (Wildman–Crippen MR) is 79.6 cm³/mol. The molecule has 1 aromatic heterocycles. The Bertz CT molecular complexity index is 407. The molecule has 1 aromatic rings. The molecule has 4 nitrogen and oxygen atoms in total. The van der Waals surface area contributed by atoms with Crippen LogP contribution in [0.25, 0.3) is 0 Å². The topological polar surface area (TPSA) is 45.2 Å². The summed E-state index contributed by atoms with van der Waals surface area (Å²) in [4.78, 5) is 18.6. The van der Waals surface area contributed by atoms with Gasteiger partial charge in [0.1, 0.15) is 5.82 Å². The Morgan fingerprint density at radius 2 is 2.11 bits per heavy atom. The van der Waals surface area contributed by atoms with Gasteiger partial charge in [-0.15, -0.1) is 0 Å². The molecule has 1 N–H and O–H groups in total. The van der Waals surface area contributed by atoms with Crippen molar-refractivity contribution in [1.29, 1.82) is 0 Å². The van der Waals surface area contributed by atoms with Crippen LogP contribution < -0.4 is 5.32 Å². The van der Waals surface area contributed by atoms with Crippen molar-refractivity contribution in [2.24, 2.45) is 5.92 Å². The molecule has 0 aliphatic carbocycles. The molecule has 0 aliphatic heterocycles. The van der Waals surface area contributed by atoms with Crippen LogP contribution in [0.4, 0.5) is 5.82 Å². The van der Waals surface area contributed by atoms with E-state index in [1.54, 1.807) is 4.90 Å². The largest absolute Gasteiger partial charge is 0.373 e. The van der Waals surface area contributed by atoms with Gasteiger partial charge in [0.2, 0.25) is 0 Å². The smallest absolute Gasteiger partial charge is 0.253 e. The van der Waals surface area contributed by atoms with E-state index >= 15 is 0 Å². The maximum Gasteiger partial charge on any atom is 0.253 e. The monoisotopic (exact) mass is 263 g/mol. The fourth-order valence-electron chi connectivity index (χ4n) is 1.79. The number of hydrogen-bond acceptors (Lipinski definition) is 3. The van der Waals surface area contributed by atoms with E-state index in [-0.39, 0.29) is 5.91 Å². The van der Waals surface area contributed by atoms with Crippen LogP contribution in [0.3, 0.4) is 0 Å². The summed E-state index contributed by atoms with van der Waals surface area (Å²) in [5.74, 6) is 1.42. The molecule has 1 rings (SSSR count). The van der Waals surface area contributed by atoms with Crippen molar-refractivity contribution in [2.75, 3.05) is 26.0 Å². The maximum absolute atomic E-state index is 12.4. The summed E-state index contributed by atoms with van der Waals surface area (Å²) in [5, 5.41) is 3.00. The van der Waals surface area contributed by atoms with Crippen LogP contribution in [0.1, 0.15) is 43.2 Å². The van der Waals surface area contributed by atoms with E-state index < -0.39 is 0 Å². The Morgan fingerprint density at radius 1 is 1.42 bits per heavy atom. The number of nitrogens with zero attached hydrogens (tertiary/aromatic N) is 2. The molecule has 106 valence electrons. The molecule has 1 amide bonds. The molecular formula is C15H25N3O. The first-order valence-electron chi connectivity index (χ1n) is 6.92. The number of amides is 1. The van der Waals surface area contributed by atoms with Gasteiger partial charge in [0, 0.05) is 31.9 Å². The van der Waals surface area contributed by atoms with Crippen molar-refractivity contribution in [3.05, 3.63) is 23.4 Å². The van der Waals surface area contributed by atoms with Crippen LogP contribution in [-0.2, 0) is 6.42 Å². The lowest BCUT2D eigenvalue weighted by molar-refractivity contribution is 0.0789. The van der Waals surface area contributed by atoms with Crippen LogP contribution in [0, 0.1) is 5.92 Å². The van der Waals surface area contributed by atoms with Crippen molar-refractivity contribution in [2.45, 2.75) is 33.6 Å². The first kappa shape index (κ1) is 15.5. The molecule has 4 heteroatoms. The summed E-state index contributed by atoms with van der Waals surface area (Å²) >= 11 is 0. The number of hydrogen-bond donors (Lipinski definition) is 1. The molecule has 0 saturated carbocycles. The molecule has 0 spiro atoms. The third-order valence-electron chi connectivity index (χ3n) is 3.13. The second-order valence-corrected chi connectivity index (χ2v) is 5.25. The SMILES string of the molecule is CCc1cc(C(=O)N(C)CCC(C)C)cc(NC)n1. The van der Waals surface area contributed by atoms with Gasteiger partial charge >= 0.3 is 0 Å². The first-order valence-corrected chi connectivity index (χ1v) is 6.92. The molecule has 1 heterocycles. The summed E-state index contributed by atoms with van der Waals surface area (Å²) in [7, 11) is 3.67. The van der Waals surface area contributed by atoms with E-state index in [4.69, 9.17) is 0 Å². The number of carbonyl (C=O) groups excluding carboxylic acids is 1. The van der Waals surface area contributed by atoms with E-state index in [1.165, 1.54) is 0 Å². The van der Waals surface area contributed by atoms with Crippen LogP contribution in [0.2, 0.25) is 0 Å². The van der Waals surface area contributed by atoms with E-state index in [0.717, 1.165) is 30.9 Å². The highest BCUT2D eigenvalue weighted by atomic mass is 16.2. The average molecular weight is 263 g/mol. The molecule has 0 atom stereocenters. The normalized spacial score (nSPS) is 10.6. The zero-order chi connectivity index (χ0) is 14.4. The van der Waals surface area contributed by atoms with Gasteiger partial charge in [0.05, 0.1) is 0 Å². The molecular weight excluding hydrogens is 238 g/mol. The third-order valence-corrected chi connectivity index (χ3v) is 3.13. The van der Waals surface area contributed by atoms with E-state index in [9.17, 15) is 4.79 Å². The predicted octanol–water partition coefficient (Wildman–Crippen LogP) is 2.80. The van der Waals surface area contributed by atoms with Crippen LogP contribution in [0.15, 0.2) is 12.1 Å². The Hall–Kier alpha value is -1.58. The lowest BCUT2D eigenvalue weighted by Gasteiger charge is -2.19. The lowest BCUT2D eigenvalue weighted by Crippen LogP contribution is -2.28. The Balaban J connectivity index is 2.85. The average Bonchev–Trinajstić information content (AvgIpc) is 2.42. The quantitative estimate of drug-likeness (QED) is 0.858. The number of anilines is 1. The van der Waals surface area contributed by atoms with Crippen molar-refractivity contribution >= 4 is 11.7 Å². The van der Waals surface area contributed by atoms with Gasteiger partial charge in [-0.2, -0.15) is 0 Å². The van der Waals surface area contributed by atoms with Crippen molar-refractivity contribution < 1.29 is 4.79 Å². The molecule has 0 fully saturated rings. The first-order chi connectivity index (χ1) is 8.97. The highest BCUT2D eigenvalue weighted by molar-refractivity contribution is 5.94. The van der Waals surface area contributed by atoms with Crippen LogP contribution >= 0.6 is 0 Å². The minimum atomic E-state index is 0.0641. The Kier molecular flexibility index (Phi) is 5.80. The third kappa shape index (κ3) is 4.54. The summed E-state index contributed by atoms with van der Waals surface area (Å²) in [6.45, 7) is 7.16. The van der Waals surface area contributed by atoms with E-state index in [0.29, 0.717) is 11.5 Å². The zero-order valence-electron chi connectivity index (χ0n) is 12.7. The number of rotatable bonds is 6. The van der Waals surface area contributed by atoms with Gasteiger partial charge in [-0.3, -0.25) is 4.79 Å². The number of nitrogens with one attached hydrogen (secondary N) is 1. The minimum absolute atomic E-state index is 0.0641. The maximum atomic E-state index is 12.4. The van der Waals surface area contributed by atoms with Crippen molar-refractivity contribution in [3.8, 4) is 0 Å². The summed E-state index contributed by atoms with van der Waals surface area (Å²) in [6.07, 6.45) is 1.85. The van der Waals surface area contributed by atoms with Gasteiger partial charge < -0.3 is 10.2 Å². The minimum Gasteiger partial charge on any atom is -0.373 e. The molecule has 0 unspecified atom stereocenters. The van der Waals surface area contributed by atoms with Gasteiger partial charge in [-0.05, 0) is 30.9 Å². The fourth-order valence-corrected chi connectivity index (χ4v) is 1.79. The Labute approximate surface area is 116 Å². The second kappa shape index (κ2) is 7.12. The molecule has 0 aromatic carbocycles. The standard InChI is InChI=1S/C15H25N3O/c1-6-13-9-12(10-14(16-4)17-13)15(19)18(5)8-7-11(2)3/h9-11H,6-8H2,1-5H3,(H,16,17). The highest BCUT2D eigenvalue weighted by Gasteiger charge is 2.14. The number of aromatic nitrogens is 1. The second-order valence-electron chi connectivity index (χ2n) is 5.25. The number of carbonyl (C=O) groups is 1. The van der Waals surface area contributed by atoms with Gasteiger partial charge in [0.25, 0.3) is 5.91 Å². The van der Waals surface area contributed by atoms with E-state index in [1.807, 2.05) is 33.2 Å². The summed E-state index contributed by atoms with van der Waals surface area (Å²) < 4.78 is 0. The molecule has 0 aliphatic rings. The Morgan fingerprint density at radius 3 is 2.63 bits per heavy atom.